The Labute approximate surface area is 124 Å². The highest BCUT2D eigenvalue weighted by Gasteiger charge is 2.19. The largest absolute Gasteiger partial charge is 0.386 e. The Morgan fingerprint density at radius 2 is 2.14 bits per heavy atom. The molecule has 1 N–H and O–H groups in total. The molecule has 0 aliphatic carbocycles. The molecule has 21 heavy (non-hydrogen) atoms. The van der Waals surface area contributed by atoms with Crippen LogP contribution >= 0.6 is 0 Å². The van der Waals surface area contributed by atoms with Crippen molar-refractivity contribution in [2.45, 2.75) is 19.6 Å². The molecule has 0 bridgehead atoms. The Kier molecular flexibility index (Phi) is 5.03. The topological polar surface area (TPSA) is 54.2 Å². The minimum atomic E-state index is -0.713. The van der Waals surface area contributed by atoms with Gasteiger partial charge in [-0.15, -0.1) is 0 Å². The number of hydrogen-bond donors (Lipinski definition) is 1. The Morgan fingerprint density at radius 1 is 1.38 bits per heavy atom. The molecule has 6 heteroatoms. The van der Waals surface area contributed by atoms with Gasteiger partial charge in [-0.05, 0) is 19.2 Å². The summed E-state index contributed by atoms with van der Waals surface area (Å²) in [7, 11) is 3.94. The van der Waals surface area contributed by atoms with E-state index >= 15 is 0 Å². The number of pyridine rings is 1. The summed E-state index contributed by atoms with van der Waals surface area (Å²) in [6.07, 6.45) is 4.09. The van der Waals surface area contributed by atoms with Crippen LogP contribution in [0.5, 0.6) is 0 Å². The highest BCUT2D eigenvalue weighted by Crippen LogP contribution is 2.21. The SMILES string of the molecule is CC(CN(C)Cc1nccn1C)C(O)c1ccc(F)cn1. The third kappa shape index (κ3) is 4.09. The van der Waals surface area contributed by atoms with Gasteiger partial charge in [-0.25, -0.2) is 9.37 Å². The molecule has 2 heterocycles. The molecule has 0 aromatic carbocycles. The van der Waals surface area contributed by atoms with Crippen LogP contribution < -0.4 is 0 Å². The van der Waals surface area contributed by atoms with Crippen molar-refractivity contribution in [3.63, 3.8) is 0 Å². The van der Waals surface area contributed by atoms with E-state index in [-0.39, 0.29) is 5.92 Å². The molecule has 5 nitrogen and oxygen atoms in total. The van der Waals surface area contributed by atoms with E-state index in [0.717, 1.165) is 12.0 Å². The second-order valence-electron chi connectivity index (χ2n) is 5.47. The molecular formula is C15H21FN4O. The van der Waals surface area contributed by atoms with E-state index in [9.17, 15) is 9.50 Å². The van der Waals surface area contributed by atoms with Crippen LogP contribution in [0.2, 0.25) is 0 Å². The number of aromatic nitrogens is 3. The first-order valence-electron chi connectivity index (χ1n) is 6.91. The second-order valence-corrected chi connectivity index (χ2v) is 5.47. The molecular weight excluding hydrogens is 271 g/mol. The first-order valence-corrected chi connectivity index (χ1v) is 6.91. The molecule has 114 valence electrons. The second kappa shape index (κ2) is 6.78. The van der Waals surface area contributed by atoms with E-state index in [1.807, 2.05) is 31.8 Å². The van der Waals surface area contributed by atoms with E-state index < -0.39 is 11.9 Å². The molecule has 0 saturated heterocycles. The maximum Gasteiger partial charge on any atom is 0.141 e. The molecule has 2 rings (SSSR count). The molecule has 2 unspecified atom stereocenters. The van der Waals surface area contributed by atoms with Crippen molar-refractivity contribution in [3.05, 3.63) is 48.1 Å². The first kappa shape index (κ1) is 15.6. The lowest BCUT2D eigenvalue weighted by molar-refractivity contribution is 0.0889. The number of imidazole rings is 1. The molecule has 0 aliphatic rings. The molecule has 2 aromatic rings. The molecule has 0 aliphatic heterocycles. The predicted molar refractivity (Wildman–Crippen MR) is 77.9 cm³/mol. The zero-order valence-electron chi connectivity index (χ0n) is 12.6. The monoisotopic (exact) mass is 292 g/mol. The molecule has 2 atom stereocenters. The smallest absolute Gasteiger partial charge is 0.141 e. The van der Waals surface area contributed by atoms with Gasteiger partial charge in [0.1, 0.15) is 11.6 Å². The van der Waals surface area contributed by atoms with Crippen LogP contribution in [0.1, 0.15) is 24.5 Å². The van der Waals surface area contributed by atoms with E-state index in [0.29, 0.717) is 18.8 Å². The molecule has 2 aromatic heterocycles. The average molecular weight is 292 g/mol. The number of hydrogen-bond acceptors (Lipinski definition) is 4. The summed E-state index contributed by atoms with van der Waals surface area (Å²) >= 11 is 0. The van der Waals surface area contributed by atoms with Gasteiger partial charge >= 0.3 is 0 Å². The molecule has 0 saturated carbocycles. The number of aryl methyl sites for hydroxylation is 1. The summed E-state index contributed by atoms with van der Waals surface area (Å²) in [5.41, 5.74) is 0.495. The van der Waals surface area contributed by atoms with E-state index in [4.69, 9.17) is 0 Å². The number of aliphatic hydroxyl groups is 1. The normalized spacial score (nSPS) is 14.4. The van der Waals surface area contributed by atoms with Crippen molar-refractivity contribution in [1.29, 1.82) is 0 Å². The number of aliphatic hydroxyl groups excluding tert-OH is 1. The van der Waals surface area contributed by atoms with Crippen LogP contribution in [0.25, 0.3) is 0 Å². The lowest BCUT2D eigenvalue weighted by Gasteiger charge is -2.24. The maximum absolute atomic E-state index is 12.8. The van der Waals surface area contributed by atoms with Crippen molar-refractivity contribution < 1.29 is 9.50 Å². The van der Waals surface area contributed by atoms with Crippen LogP contribution in [-0.4, -0.2) is 38.1 Å². The van der Waals surface area contributed by atoms with Crippen LogP contribution in [-0.2, 0) is 13.6 Å². The Morgan fingerprint density at radius 3 is 2.71 bits per heavy atom. The Bertz CT molecular complexity index is 569. The highest BCUT2D eigenvalue weighted by atomic mass is 19.1. The Hall–Kier alpha value is -1.79. The van der Waals surface area contributed by atoms with Crippen molar-refractivity contribution in [3.8, 4) is 0 Å². The fraction of sp³-hybridized carbons (Fsp3) is 0.467. The van der Waals surface area contributed by atoms with Crippen LogP contribution in [0.3, 0.4) is 0 Å². The summed E-state index contributed by atoms with van der Waals surface area (Å²) in [5, 5.41) is 10.3. The van der Waals surface area contributed by atoms with Gasteiger partial charge < -0.3 is 9.67 Å². The lowest BCUT2D eigenvalue weighted by Crippen LogP contribution is -2.28. The van der Waals surface area contributed by atoms with E-state index in [2.05, 4.69) is 14.9 Å². The molecule has 0 radical (unpaired) electrons. The zero-order chi connectivity index (χ0) is 15.4. The van der Waals surface area contributed by atoms with Gasteiger partial charge in [0.25, 0.3) is 0 Å². The molecule has 0 spiro atoms. The van der Waals surface area contributed by atoms with E-state index in [1.165, 1.54) is 12.1 Å². The quantitative estimate of drug-likeness (QED) is 0.881. The van der Waals surface area contributed by atoms with Gasteiger partial charge in [0, 0.05) is 31.9 Å². The summed E-state index contributed by atoms with van der Waals surface area (Å²) in [6.45, 7) is 3.34. The van der Waals surface area contributed by atoms with Gasteiger partial charge in [0.2, 0.25) is 0 Å². The van der Waals surface area contributed by atoms with Crippen LogP contribution in [0, 0.1) is 11.7 Å². The highest BCUT2D eigenvalue weighted by molar-refractivity contribution is 5.09. The maximum atomic E-state index is 12.8. The summed E-state index contributed by atoms with van der Waals surface area (Å²) < 4.78 is 14.8. The number of nitrogens with zero attached hydrogens (tertiary/aromatic N) is 4. The minimum absolute atomic E-state index is 0.0202. The number of rotatable bonds is 6. The van der Waals surface area contributed by atoms with Crippen molar-refractivity contribution in [1.82, 2.24) is 19.4 Å². The van der Waals surface area contributed by atoms with Crippen molar-refractivity contribution >= 4 is 0 Å². The zero-order valence-corrected chi connectivity index (χ0v) is 12.6. The summed E-state index contributed by atoms with van der Waals surface area (Å²) in [4.78, 5) is 10.3. The van der Waals surface area contributed by atoms with Gasteiger partial charge in [0.05, 0.1) is 24.5 Å². The van der Waals surface area contributed by atoms with Gasteiger partial charge in [-0.1, -0.05) is 6.92 Å². The number of halogens is 1. The summed E-state index contributed by atoms with van der Waals surface area (Å²) in [5.74, 6) is 0.554. The fourth-order valence-corrected chi connectivity index (χ4v) is 2.30. The average Bonchev–Trinajstić information content (AvgIpc) is 2.84. The predicted octanol–water partition coefficient (Wildman–Crippen LogP) is 1.76. The van der Waals surface area contributed by atoms with E-state index in [1.54, 1.807) is 6.20 Å². The van der Waals surface area contributed by atoms with Crippen LogP contribution in [0.4, 0.5) is 4.39 Å². The molecule has 0 amide bonds. The Balaban J connectivity index is 1.92. The molecule has 0 fully saturated rings. The third-order valence-electron chi connectivity index (χ3n) is 3.52. The van der Waals surface area contributed by atoms with Crippen molar-refractivity contribution in [2.24, 2.45) is 13.0 Å². The lowest BCUT2D eigenvalue weighted by atomic mass is 10.0. The summed E-state index contributed by atoms with van der Waals surface area (Å²) in [6, 6.07) is 2.84. The van der Waals surface area contributed by atoms with Crippen molar-refractivity contribution in [2.75, 3.05) is 13.6 Å². The first-order chi connectivity index (χ1) is 9.97. The van der Waals surface area contributed by atoms with Gasteiger partial charge in [-0.2, -0.15) is 0 Å². The van der Waals surface area contributed by atoms with Gasteiger partial charge in [0.15, 0.2) is 0 Å². The fourth-order valence-electron chi connectivity index (χ4n) is 2.30. The standard InChI is InChI=1S/C15H21FN4O/c1-11(15(21)13-5-4-12(16)8-18-13)9-19(2)10-14-17-6-7-20(14)3/h4-8,11,15,21H,9-10H2,1-3H3. The minimum Gasteiger partial charge on any atom is -0.386 e. The third-order valence-corrected chi connectivity index (χ3v) is 3.52. The van der Waals surface area contributed by atoms with Gasteiger partial charge in [-0.3, -0.25) is 9.88 Å². The van der Waals surface area contributed by atoms with Crippen LogP contribution in [0.15, 0.2) is 30.7 Å².